The van der Waals surface area contributed by atoms with Crippen LogP contribution >= 0.6 is 11.3 Å². The van der Waals surface area contributed by atoms with Gasteiger partial charge in [-0.3, -0.25) is 14.5 Å². The van der Waals surface area contributed by atoms with Crippen molar-refractivity contribution >= 4 is 23.2 Å². The molecule has 1 saturated heterocycles. The lowest BCUT2D eigenvalue weighted by molar-refractivity contribution is -0.123. The van der Waals surface area contributed by atoms with Gasteiger partial charge in [0, 0.05) is 30.9 Å². The van der Waals surface area contributed by atoms with Crippen LogP contribution < -0.4 is 10.6 Å². The molecule has 2 amide bonds. The molecule has 1 atom stereocenters. The van der Waals surface area contributed by atoms with E-state index in [1.165, 1.54) is 11.8 Å². The fourth-order valence-corrected chi connectivity index (χ4v) is 3.39. The van der Waals surface area contributed by atoms with Crippen LogP contribution in [0.25, 0.3) is 0 Å². The molecule has 0 spiro atoms. The molecular weight excluding hydrogens is 274 g/mol. The largest absolute Gasteiger partial charge is 0.355 e. The van der Waals surface area contributed by atoms with Crippen LogP contribution in [0.3, 0.4) is 0 Å². The predicted octanol–water partition coefficient (Wildman–Crippen LogP) is 1.14. The molecule has 0 aliphatic carbocycles. The summed E-state index contributed by atoms with van der Waals surface area (Å²) >= 11 is 1.75. The number of carbonyl (C=O) groups is 2. The normalized spacial score (nSPS) is 18.9. The van der Waals surface area contributed by atoms with Crippen LogP contribution in [-0.2, 0) is 9.59 Å². The van der Waals surface area contributed by atoms with E-state index >= 15 is 0 Å². The second kappa shape index (κ2) is 7.40. The molecule has 2 N–H and O–H groups in total. The van der Waals surface area contributed by atoms with Gasteiger partial charge in [0.25, 0.3) is 0 Å². The van der Waals surface area contributed by atoms with Gasteiger partial charge in [-0.1, -0.05) is 6.07 Å². The number of amides is 2. The number of carbonyl (C=O) groups excluding carboxylic acids is 2. The topological polar surface area (TPSA) is 61.4 Å². The van der Waals surface area contributed by atoms with E-state index < -0.39 is 0 Å². The molecule has 2 heterocycles. The van der Waals surface area contributed by atoms with Gasteiger partial charge in [0.05, 0.1) is 6.54 Å². The first-order valence-corrected chi connectivity index (χ1v) is 7.83. The third kappa shape index (κ3) is 4.31. The number of thiophene rings is 1. The summed E-state index contributed by atoms with van der Waals surface area (Å²) in [7, 11) is 0. The average Bonchev–Trinajstić information content (AvgIpc) is 3.04. The van der Waals surface area contributed by atoms with Gasteiger partial charge in [0.15, 0.2) is 0 Å². The smallest absolute Gasteiger partial charge is 0.234 e. The Hall–Kier alpha value is -1.40. The molecule has 1 aliphatic heterocycles. The molecule has 2 rings (SSSR count). The zero-order valence-electron chi connectivity index (χ0n) is 11.7. The highest BCUT2D eigenvalue weighted by atomic mass is 32.1. The van der Waals surface area contributed by atoms with E-state index in [0.717, 1.165) is 19.4 Å². The summed E-state index contributed by atoms with van der Waals surface area (Å²) in [5.74, 6) is -0.0460. The molecule has 20 heavy (non-hydrogen) atoms. The number of nitrogens with zero attached hydrogens (tertiary/aromatic N) is 1. The number of hydrogen-bond donors (Lipinski definition) is 2. The van der Waals surface area contributed by atoms with Crippen LogP contribution in [0.15, 0.2) is 17.5 Å². The van der Waals surface area contributed by atoms with Gasteiger partial charge in [-0.05, 0) is 30.8 Å². The molecule has 5 nitrogen and oxygen atoms in total. The quantitative estimate of drug-likeness (QED) is 0.774. The molecule has 0 radical (unpaired) electrons. The third-order valence-corrected chi connectivity index (χ3v) is 4.38. The van der Waals surface area contributed by atoms with Crippen LogP contribution in [0, 0.1) is 0 Å². The minimum atomic E-state index is -0.0726. The first-order valence-electron chi connectivity index (χ1n) is 6.95. The lowest BCUT2D eigenvalue weighted by Crippen LogP contribution is -2.40. The Balaban J connectivity index is 1.74. The molecule has 1 aromatic heterocycles. The van der Waals surface area contributed by atoms with E-state index in [9.17, 15) is 9.59 Å². The van der Waals surface area contributed by atoms with E-state index in [1.54, 1.807) is 11.3 Å². The first-order chi connectivity index (χ1) is 9.66. The minimum Gasteiger partial charge on any atom is -0.355 e. The third-order valence-electron chi connectivity index (χ3n) is 3.40. The number of rotatable bonds is 6. The lowest BCUT2D eigenvalue weighted by atomic mass is 10.2. The molecule has 1 aromatic rings. The van der Waals surface area contributed by atoms with Gasteiger partial charge in [0.2, 0.25) is 11.8 Å². The van der Waals surface area contributed by atoms with E-state index in [-0.39, 0.29) is 11.8 Å². The van der Waals surface area contributed by atoms with Crippen LogP contribution in [0.2, 0.25) is 0 Å². The summed E-state index contributed by atoms with van der Waals surface area (Å²) in [4.78, 5) is 26.2. The van der Waals surface area contributed by atoms with Crippen molar-refractivity contribution in [3.8, 4) is 0 Å². The van der Waals surface area contributed by atoms with Gasteiger partial charge in [-0.15, -0.1) is 11.3 Å². The van der Waals surface area contributed by atoms with Crippen molar-refractivity contribution in [1.82, 2.24) is 15.5 Å². The van der Waals surface area contributed by atoms with Crippen LogP contribution in [0.4, 0.5) is 0 Å². The maximum absolute atomic E-state index is 11.9. The summed E-state index contributed by atoms with van der Waals surface area (Å²) in [5.41, 5.74) is 0. The molecule has 1 fully saturated rings. The molecule has 1 aliphatic rings. The van der Waals surface area contributed by atoms with Gasteiger partial charge in [-0.2, -0.15) is 0 Å². The summed E-state index contributed by atoms with van der Waals surface area (Å²) in [6, 6.07) is 4.59. The fraction of sp³-hybridized carbons (Fsp3) is 0.571. The van der Waals surface area contributed by atoms with Crippen LogP contribution in [0.1, 0.15) is 30.7 Å². The van der Waals surface area contributed by atoms with Crippen LogP contribution in [-0.4, -0.2) is 42.9 Å². The SMILES string of the molecule is CC(=O)NCCNC(=O)CN1CCC[C@H]1c1cccs1. The van der Waals surface area contributed by atoms with Crippen molar-refractivity contribution < 1.29 is 9.59 Å². The van der Waals surface area contributed by atoms with Gasteiger partial charge < -0.3 is 10.6 Å². The Morgan fingerprint density at radius 2 is 2.20 bits per heavy atom. The first kappa shape index (κ1) is 15.0. The molecular formula is C14H21N3O2S. The second-order valence-electron chi connectivity index (χ2n) is 4.98. The molecule has 0 saturated carbocycles. The van der Waals surface area contributed by atoms with Gasteiger partial charge in [0.1, 0.15) is 0 Å². The molecule has 6 heteroatoms. The maximum atomic E-state index is 11.9. The Morgan fingerprint density at radius 3 is 2.90 bits per heavy atom. The predicted molar refractivity (Wildman–Crippen MR) is 79.6 cm³/mol. The highest BCUT2D eigenvalue weighted by Gasteiger charge is 2.27. The van der Waals surface area contributed by atoms with Crippen molar-refractivity contribution in [2.24, 2.45) is 0 Å². The number of nitrogens with one attached hydrogen (secondary N) is 2. The standard InChI is InChI=1S/C14H21N3O2S/c1-11(18)15-6-7-16-14(19)10-17-8-2-4-12(17)13-5-3-9-20-13/h3,5,9,12H,2,4,6-8,10H2,1H3,(H,15,18)(H,16,19)/t12-/m0/s1. The Bertz CT molecular complexity index is 447. The van der Waals surface area contributed by atoms with Crippen molar-refractivity contribution in [1.29, 1.82) is 0 Å². The number of likely N-dealkylation sites (tertiary alicyclic amines) is 1. The van der Waals surface area contributed by atoms with Gasteiger partial charge in [-0.25, -0.2) is 0 Å². The highest BCUT2D eigenvalue weighted by molar-refractivity contribution is 7.10. The molecule has 110 valence electrons. The number of hydrogen-bond acceptors (Lipinski definition) is 4. The van der Waals surface area contributed by atoms with Crippen molar-refractivity contribution in [2.75, 3.05) is 26.2 Å². The summed E-state index contributed by atoms with van der Waals surface area (Å²) < 4.78 is 0. The zero-order chi connectivity index (χ0) is 14.4. The monoisotopic (exact) mass is 295 g/mol. The average molecular weight is 295 g/mol. The molecule has 0 unspecified atom stereocenters. The molecule has 0 aromatic carbocycles. The van der Waals surface area contributed by atoms with Crippen molar-refractivity contribution in [3.63, 3.8) is 0 Å². The zero-order valence-corrected chi connectivity index (χ0v) is 12.5. The highest BCUT2D eigenvalue weighted by Crippen LogP contribution is 2.33. The van der Waals surface area contributed by atoms with Crippen LogP contribution in [0.5, 0.6) is 0 Å². The Morgan fingerprint density at radius 1 is 1.40 bits per heavy atom. The second-order valence-corrected chi connectivity index (χ2v) is 5.96. The summed E-state index contributed by atoms with van der Waals surface area (Å²) in [6.45, 7) is 3.84. The van der Waals surface area contributed by atoms with E-state index in [1.807, 2.05) is 0 Å². The summed E-state index contributed by atoms with van der Waals surface area (Å²) in [5, 5.41) is 7.58. The van der Waals surface area contributed by atoms with E-state index in [2.05, 4.69) is 33.0 Å². The lowest BCUT2D eigenvalue weighted by Gasteiger charge is -2.22. The minimum absolute atomic E-state index is 0.0267. The Labute approximate surface area is 123 Å². The van der Waals surface area contributed by atoms with Crippen molar-refractivity contribution in [3.05, 3.63) is 22.4 Å². The van der Waals surface area contributed by atoms with E-state index in [4.69, 9.17) is 0 Å². The van der Waals surface area contributed by atoms with Gasteiger partial charge >= 0.3 is 0 Å². The molecule has 0 bridgehead atoms. The van der Waals surface area contributed by atoms with Crippen molar-refractivity contribution in [2.45, 2.75) is 25.8 Å². The maximum Gasteiger partial charge on any atom is 0.234 e. The van der Waals surface area contributed by atoms with E-state index in [0.29, 0.717) is 25.7 Å². The summed E-state index contributed by atoms with van der Waals surface area (Å²) in [6.07, 6.45) is 2.27. The Kier molecular flexibility index (Phi) is 5.55. The fourth-order valence-electron chi connectivity index (χ4n) is 2.50.